The van der Waals surface area contributed by atoms with Crippen LogP contribution in [0.15, 0.2) is 18.2 Å². The highest BCUT2D eigenvalue weighted by Crippen LogP contribution is 2.40. The standard InChI is InChI=1S/C16H19NO5S/c1-9-5-10(7-11(6-9)15(21)22-4)13(18)17-12(14(19)20)8-23-16(17,2)3/h5-7,12H,8H2,1-4H3,(H,19,20). The van der Waals surface area contributed by atoms with Crippen LogP contribution in [-0.4, -0.2) is 51.6 Å². The number of amides is 1. The summed E-state index contributed by atoms with van der Waals surface area (Å²) in [4.78, 5) is 36.8. The third-order valence-corrected chi connectivity index (χ3v) is 5.12. The van der Waals surface area contributed by atoms with Crippen LogP contribution in [0.5, 0.6) is 0 Å². The number of methoxy groups -OCH3 is 1. The molecular weight excluding hydrogens is 318 g/mol. The quantitative estimate of drug-likeness (QED) is 0.851. The van der Waals surface area contributed by atoms with Crippen molar-refractivity contribution in [3.8, 4) is 0 Å². The van der Waals surface area contributed by atoms with Gasteiger partial charge in [0.1, 0.15) is 6.04 Å². The Hall–Kier alpha value is -2.02. The van der Waals surface area contributed by atoms with Gasteiger partial charge in [-0.1, -0.05) is 0 Å². The van der Waals surface area contributed by atoms with E-state index in [0.29, 0.717) is 5.75 Å². The van der Waals surface area contributed by atoms with Gasteiger partial charge < -0.3 is 14.7 Å². The molecule has 1 heterocycles. The predicted octanol–water partition coefficient (Wildman–Crippen LogP) is 2.16. The number of nitrogens with zero attached hydrogens (tertiary/aromatic N) is 1. The zero-order valence-corrected chi connectivity index (χ0v) is 14.3. The summed E-state index contributed by atoms with van der Waals surface area (Å²) in [5.74, 6) is -1.63. The van der Waals surface area contributed by atoms with Gasteiger partial charge in [-0.25, -0.2) is 9.59 Å². The normalized spacial score (nSPS) is 19.5. The molecule has 0 radical (unpaired) electrons. The lowest BCUT2D eigenvalue weighted by Gasteiger charge is -2.33. The lowest BCUT2D eigenvalue weighted by Crippen LogP contribution is -2.49. The smallest absolute Gasteiger partial charge is 0.337 e. The molecule has 1 amide bonds. The highest BCUT2D eigenvalue weighted by Gasteiger charge is 2.46. The topological polar surface area (TPSA) is 83.9 Å². The Morgan fingerprint density at radius 3 is 2.43 bits per heavy atom. The number of hydrogen-bond acceptors (Lipinski definition) is 5. The van der Waals surface area contributed by atoms with E-state index in [0.717, 1.165) is 5.56 Å². The van der Waals surface area contributed by atoms with Gasteiger partial charge in [0.15, 0.2) is 0 Å². The summed E-state index contributed by atoms with van der Waals surface area (Å²) in [6.07, 6.45) is 0. The highest BCUT2D eigenvalue weighted by molar-refractivity contribution is 8.00. The largest absolute Gasteiger partial charge is 0.480 e. The van der Waals surface area contributed by atoms with Crippen molar-refractivity contribution in [3.05, 3.63) is 34.9 Å². The molecule has 7 heteroatoms. The number of esters is 1. The number of carbonyl (C=O) groups excluding carboxylic acids is 2. The molecule has 0 spiro atoms. The van der Waals surface area contributed by atoms with Crippen molar-refractivity contribution in [2.75, 3.05) is 12.9 Å². The Morgan fingerprint density at radius 1 is 1.26 bits per heavy atom. The lowest BCUT2D eigenvalue weighted by atomic mass is 10.0. The molecule has 1 aromatic carbocycles. The minimum absolute atomic E-state index is 0.271. The van der Waals surface area contributed by atoms with Crippen molar-refractivity contribution in [2.45, 2.75) is 31.7 Å². The molecule has 0 bridgehead atoms. The highest BCUT2D eigenvalue weighted by atomic mass is 32.2. The molecule has 1 fully saturated rings. The monoisotopic (exact) mass is 337 g/mol. The molecular formula is C16H19NO5S. The van der Waals surface area contributed by atoms with Crippen molar-refractivity contribution in [1.82, 2.24) is 4.90 Å². The summed E-state index contributed by atoms with van der Waals surface area (Å²) in [7, 11) is 1.27. The van der Waals surface area contributed by atoms with Gasteiger partial charge in [0.05, 0.1) is 17.5 Å². The van der Waals surface area contributed by atoms with Crippen LogP contribution in [-0.2, 0) is 9.53 Å². The molecule has 2 rings (SSSR count). The summed E-state index contributed by atoms with van der Waals surface area (Å²) in [5.41, 5.74) is 1.28. The van der Waals surface area contributed by atoms with E-state index in [1.165, 1.54) is 29.8 Å². The van der Waals surface area contributed by atoms with Gasteiger partial charge in [-0.3, -0.25) is 4.79 Å². The predicted molar refractivity (Wildman–Crippen MR) is 86.6 cm³/mol. The number of aryl methyl sites for hydroxylation is 1. The van der Waals surface area contributed by atoms with E-state index in [9.17, 15) is 19.5 Å². The lowest BCUT2D eigenvalue weighted by molar-refractivity contribution is -0.141. The first kappa shape index (κ1) is 17.3. The SMILES string of the molecule is COC(=O)c1cc(C)cc(C(=O)N2C(C(=O)O)CSC2(C)C)c1. The first-order valence-corrected chi connectivity index (χ1v) is 8.06. The fraction of sp³-hybridized carbons (Fsp3) is 0.438. The number of carboxylic acids is 1. The molecule has 124 valence electrons. The molecule has 23 heavy (non-hydrogen) atoms. The van der Waals surface area contributed by atoms with Gasteiger partial charge in [-0.2, -0.15) is 0 Å². The van der Waals surface area contributed by atoms with Gasteiger partial charge in [0.25, 0.3) is 5.91 Å². The molecule has 1 aliphatic heterocycles. The molecule has 1 atom stereocenters. The van der Waals surface area contributed by atoms with E-state index in [1.807, 2.05) is 13.8 Å². The molecule has 1 unspecified atom stereocenters. The van der Waals surface area contributed by atoms with Gasteiger partial charge in [-0.05, 0) is 44.5 Å². The second-order valence-corrected chi connectivity index (χ2v) is 7.49. The first-order chi connectivity index (χ1) is 10.7. The molecule has 6 nitrogen and oxygen atoms in total. The second kappa shape index (κ2) is 6.23. The fourth-order valence-electron chi connectivity index (χ4n) is 2.65. The third kappa shape index (κ3) is 3.34. The molecule has 0 aliphatic carbocycles. The summed E-state index contributed by atoms with van der Waals surface area (Å²) in [5, 5.41) is 9.37. The van der Waals surface area contributed by atoms with Crippen molar-refractivity contribution < 1.29 is 24.2 Å². The Kier molecular flexibility index (Phi) is 4.70. The number of aliphatic carboxylic acids is 1. The minimum Gasteiger partial charge on any atom is -0.480 e. The number of ether oxygens (including phenoxy) is 1. The van der Waals surface area contributed by atoms with Crippen molar-refractivity contribution in [2.24, 2.45) is 0 Å². The average molecular weight is 337 g/mol. The summed E-state index contributed by atoms with van der Waals surface area (Å²) < 4.78 is 4.69. The van der Waals surface area contributed by atoms with Crippen LogP contribution >= 0.6 is 11.8 Å². The van der Waals surface area contributed by atoms with Crippen molar-refractivity contribution >= 4 is 29.6 Å². The minimum atomic E-state index is -1.03. The Bertz CT molecular complexity index is 670. The zero-order chi connectivity index (χ0) is 17.4. The number of carbonyl (C=O) groups is 3. The molecule has 1 aliphatic rings. The maximum atomic E-state index is 12.9. The van der Waals surface area contributed by atoms with Crippen molar-refractivity contribution in [3.63, 3.8) is 0 Å². The molecule has 0 aromatic heterocycles. The van der Waals surface area contributed by atoms with Gasteiger partial charge >= 0.3 is 11.9 Å². The Morgan fingerprint density at radius 2 is 1.87 bits per heavy atom. The van der Waals surface area contributed by atoms with Crippen LogP contribution in [0.2, 0.25) is 0 Å². The summed E-state index contributed by atoms with van der Waals surface area (Å²) in [6.45, 7) is 5.40. The Labute approximate surface area is 138 Å². The fourth-order valence-corrected chi connectivity index (χ4v) is 3.86. The maximum Gasteiger partial charge on any atom is 0.337 e. The van der Waals surface area contributed by atoms with E-state index >= 15 is 0 Å². The summed E-state index contributed by atoms with van der Waals surface area (Å²) >= 11 is 1.42. The number of hydrogen-bond donors (Lipinski definition) is 1. The van der Waals surface area contributed by atoms with Gasteiger partial charge in [0, 0.05) is 11.3 Å². The number of thioether (sulfide) groups is 1. The average Bonchev–Trinajstić information content (AvgIpc) is 2.80. The first-order valence-electron chi connectivity index (χ1n) is 7.08. The Balaban J connectivity index is 2.44. The van der Waals surface area contributed by atoms with Gasteiger partial charge in [-0.15, -0.1) is 11.8 Å². The van der Waals surface area contributed by atoms with E-state index in [2.05, 4.69) is 4.74 Å². The summed E-state index contributed by atoms with van der Waals surface area (Å²) in [6, 6.07) is 3.83. The van der Waals surface area contributed by atoms with Crippen LogP contribution in [0.1, 0.15) is 40.1 Å². The number of rotatable bonds is 3. The maximum absolute atomic E-state index is 12.9. The van der Waals surface area contributed by atoms with Crippen LogP contribution in [0.25, 0.3) is 0 Å². The number of benzene rings is 1. The van der Waals surface area contributed by atoms with Crippen LogP contribution in [0.3, 0.4) is 0 Å². The third-order valence-electron chi connectivity index (χ3n) is 3.74. The van der Waals surface area contributed by atoms with E-state index in [1.54, 1.807) is 19.1 Å². The van der Waals surface area contributed by atoms with E-state index in [-0.39, 0.29) is 11.1 Å². The van der Waals surface area contributed by atoms with E-state index < -0.39 is 28.8 Å². The van der Waals surface area contributed by atoms with E-state index in [4.69, 9.17) is 0 Å². The molecule has 1 aromatic rings. The van der Waals surface area contributed by atoms with Crippen LogP contribution in [0, 0.1) is 6.92 Å². The molecule has 1 N–H and O–H groups in total. The zero-order valence-electron chi connectivity index (χ0n) is 13.5. The second-order valence-electron chi connectivity index (χ2n) is 5.87. The molecule has 1 saturated heterocycles. The van der Waals surface area contributed by atoms with Crippen molar-refractivity contribution in [1.29, 1.82) is 0 Å². The van der Waals surface area contributed by atoms with Crippen LogP contribution in [0.4, 0.5) is 0 Å². The molecule has 0 saturated carbocycles. The number of carboxylic acid groups (broad SMARTS) is 1. The van der Waals surface area contributed by atoms with Gasteiger partial charge in [0.2, 0.25) is 0 Å². The van der Waals surface area contributed by atoms with Crippen LogP contribution < -0.4 is 0 Å².